The number of amides is 2. The third-order valence-corrected chi connectivity index (χ3v) is 3.74. The Bertz CT molecular complexity index is 321. The first-order valence-corrected chi connectivity index (χ1v) is 7.16. The van der Waals surface area contributed by atoms with Crippen LogP contribution in [-0.2, 0) is 9.53 Å². The van der Waals surface area contributed by atoms with Crippen molar-refractivity contribution in [2.45, 2.75) is 44.7 Å². The molecule has 2 aliphatic heterocycles. The molecule has 19 heavy (non-hydrogen) atoms. The summed E-state index contributed by atoms with van der Waals surface area (Å²) in [6.07, 6.45) is 3.35. The first kappa shape index (κ1) is 14.1. The van der Waals surface area contributed by atoms with Crippen molar-refractivity contribution >= 4 is 12.0 Å². The van der Waals surface area contributed by atoms with Gasteiger partial charge in [0.2, 0.25) is 5.91 Å². The molecule has 0 spiro atoms. The summed E-state index contributed by atoms with van der Waals surface area (Å²) in [5.41, 5.74) is 0. The molecule has 2 fully saturated rings. The van der Waals surface area contributed by atoms with Gasteiger partial charge in [-0.05, 0) is 39.2 Å². The third kappa shape index (κ3) is 3.83. The topological polar surface area (TPSA) is 70.7 Å². The lowest BCUT2D eigenvalue weighted by molar-refractivity contribution is -0.123. The normalized spacial score (nSPS) is 24.3. The Balaban J connectivity index is 1.71. The number of likely N-dealkylation sites (tertiary alicyclic amines) is 1. The fraction of sp³-hybridized carbons (Fsp3) is 0.846. The predicted molar refractivity (Wildman–Crippen MR) is 70.8 cm³/mol. The standard InChI is InChI=1S/C13H23N3O3/c1-2-19-13(18)16-8-5-10(6-9-16)15-12(17)11-4-3-7-14-11/h10-11,14H,2-9H2,1H3,(H,15,17)/t11-/m0/s1. The maximum Gasteiger partial charge on any atom is 0.409 e. The molecular weight excluding hydrogens is 246 g/mol. The average Bonchev–Trinajstić information content (AvgIpc) is 2.94. The Morgan fingerprint density at radius 1 is 1.32 bits per heavy atom. The molecule has 2 amide bonds. The van der Waals surface area contributed by atoms with Crippen LogP contribution < -0.4 is 10.6 Å². The van der Waals surface area contributed by atoms with Crippen LogP contribution in [0.2, 0.25) is 0 Å². The van der Waals surface area contributed by atoms with Gasteiger partial charge in [-0.15, -0.1) is 0 Å². The molecule has 0 bridgehead atoms. The van der Waals surface area contributed by atoms with Gasteiger partial charge in [-0.3, -0.25) is 4.79 Å². The lowest BCUT2D eigenvalue weighted by Gasteiger charge is -2.32. The summed E-state index contributed by atoms with van der Waals surface area (Å²) in [5.74, 6) is 0.104. The third-order valence-electron chi connectivity index (χ3n) is 3.74. The summed E-state index contributed by atoms with van der Waals surface area (Å²) >= 11 is 0. The molecule has 0 aliphatic carbocycles. The number of carbonyl (C=O) groups excluding carboxylic acids is 2. The van der Waals surface area contributed by atoms with Crippen LogP contribution in [0.1, 0.15) is 32.6 Å². The Morgan fingerprint density at radius 3 is 2.63 bits per heavy atom. The largest absolute Gasteiger partial charge is 0.450 e. The zero-order valence-corrected chi connectivity index (χ0v) is 11.5. The van der Waals surface area contributed by atoms with Gasteiger partial charge < -0.3 is 20.3 Å². The van der Waals surface area contributed by atoms with Crippen LogP contribution >= 0.6 is 0 Å². The molecule has 108 valence electrons. The van der Waals surface area contributed by atoms with E-state index in [1.807, 2.05) is 0 Å². The first-order valence-electron chi connectivity index (χ1n) is 7.16. The van der Waals surface area contributed by atoms with E-state index in [-0.39, 0.29) is 24.1 Å². The molecule has 2 heterocycles. The van der Waals surface area contributed by atoms with Gasteiger partial charge >= 0.3 is 6.09 Å². The van der Waals surface area contributed by atoms with Crippen LogP contribution in [-0.4, -0.2) is 55.2 Å². The Hall–Kier alpha value is -1.30. The van der Waals surface area contributed by atoms with Crippen LogP contribution in [0, 0.1) is 0 Å². The molecule has 0 aromatic carbocycles. The number of nitrogens with zero attached hydrogens (tertiary/aromatic N) is 1. The minimum absolute atomic E-state index is 0.0249. The minimum atomic E-state index is -0.246. The number of carbonyl (C=O) groups is 2. The van der Waals surface area contributed by atoms with Crippen LogP contribution in [0.4, 0.5) is 4.79 Å². The van der Waals surface area contributed by atoms with Crippen molar-refractivity contribution in [1.82, 2.24) is 15.5 Å². The number of piperidine rings is 1. The van der Waals surface area contributed by atoms with E-state index in [2.05, 4.69) is 10.6 Å². The highest BCUT2D eigenvalue weighted by molar-refractivity contribution is 5.82. The van der Waals surface area contributed by atoms with Gasteiger partial charge in [0.15, 0.2) is 0 Å². The van der Waals surface area contributed by atoms with E-state index in [4.69, 9.17) is 4.74 Å². The molecule has 2 aliphatic rings. The summed E-state index contributed by atoms with van der Waals surface area (Å²) in [7, 11) is 0. The van der Waals surface area contributed by atoms with Crippen LogP contribution in [0.5, 0.6) is 0 Å². The van der Waals surface area contributed by atoms with E-state index in [9.17, 15) is 9.59 Å². The molecule has 0 aromatic heterocycles. The van der Waals surface area contributed by atoms with Crippen LogP contribution in [0.15, 0.2) is 0 Å². The zero-order chi connectivity index (χ0) is 13.7. The van der Waals surface area contributed by atoms with E-state index in [1.54, 1.807) is 11.8 Å². The quantitative estimate of drug-likeness (QED) is 0.781. The highest BCUT2D eigenvalue weighted by Gasteiger charge is 2.27. The molecule has 6 heteroatoms. The summed E-state index contributed by atoms with van der Waals surface area (Å²) in [4.78, 5) is 25.2. The van der Waals surface area contributed by atoms with Crippen molar-refractivity contribution in [3.8, 4) is 0 Å². The van der Waals surface area contributed by atoms with Gasteiger partial charge in [0, 0.05) is 19.1 Å². The maximum atomic E-state index is 12.0. The molecule has 0 radical (unpaired) electrons. The maximum absolute atomic E-state index is 12.0. The molecule has 0 saturated carbocycles. The number of hydrogen-bond acceptors (Lipinski definition) is 4. The van der Waals surface area contributed by atoms with Crippen molar-refractivity contribution < 1.29 is 14.3 Å². The Kier molecular flexibility index (Phi) is 5.01. The van der Waals surface area contributed by atoms with Gasteiger partial charge in [0.25, 0.3) is 0 Å². The molecule has 2 saturated heterocycles. The van der Waals surface area contributed by atoms with Crippen molar-refractivity contribution in [2.24, 2.45) is 0 Å². The number of ether oxygens (including phenoxy) is 1. The molecule has 0 unspecified atom stereocenters. The zero-order valence-electron chi connectivity index (χ0n) is 11.5. The fourth-order valence-corrected chi connectivity index (χ4v) is 2.63. The highest BCUT2D eigenvalue weighted by atomic mass is 16.6. The van der Waals surface area contributed by atoms with Gasteiger partial charge in [0.05, 0.1) is 12.6 Å². The molecule has 1 atom stereocenters. The van der Waals surface area contributed by atoms with Gasteiger partial charge in [0.1, 0.15) is 0 Å². The summed E-state index contributed by atoms with van der Waals surface area (Å²) in [5, 5.41) is 6.27. The predicted octanol–water partition coefficient (Wildman–Crippen LogP) is 0.476. The lowest BCUT2D eigenvalue weighted by Crippen LogP contribution is -2.50. The number of nitrogens with one attached hydrogen (secondary N) is 2. The molecule has 2 N–H and O–H groups in total. The fourth-order valence-electron chi connectivity index (χ4n) is 2.63. The van der Waals surface area contributed by atoms with Crippen molar-refractivity contribution in [3.63, 3.8) is 0 Å². The van der Waals surface area contributed by atoms with E-state index >= 15 is 0 Å². The van der Waals surface area contributed by atoms with Crippen molar-refractivity contribution in [3.05, 3.63) is 0 Å². The van der Waals surface area contributed by atoms with E-state index in [0.717, 1.165) is 32.2 Å². The second-order valence-electron chi connectivity index (χ2n) is 5.12. The van der Waals surface area contributed by atoms with Crippen molar-refractivity contribution in [1.29, 1.82) is 0 Å². The smallest absolute Gasteiger partial charge is 0.409 e. The minimum Gasteiger partial charge on any atom is -0.450 e. The van der Waals surface area contributed by atoms with Crippen molar-refractivity contribution in [2.75, 3.05) is 26.2 Å². The summed E-state index contributed by atoms with van der Waals surface area (Å²) < 4.78 is 4.97. The Morgan fingerprint density at radius 2 is 2.05 bits per heavy atom. The van der Waals surface area contributed by atoms with Gasteiger partial charge in [-0.1, -0.05) is 0 Å². The molecular formula is C13H23N3O3. The molecule has 0 aromatic rings. The summed E-state index contributed by atoms with van der Waals surface area (Å²) in [6, 6.07) is 0.156. The van der Waals surface area contributed by atoms with Gasteiger partial charge in [-0.2, -0.15) is 0 Å². The number of rotatable bonds is 3. The van der Waals surface area contributed by atoms with Gasteiger partial charge in [-0.25, -0.2) is 4.79 Å². The van der Waals surface area contributed by atoms with Crippen LogP contribution in [0.25, 0.3) is 0 Å². The van der Waals surface area contributed by atoms with E-state index in [1.165, 1.54) is 0 Å². The highest BCUT2D eigenvalue weighted by Crippen LogP contribution is 2.13. The first-order chi connectivity index (χ1) is 9.20. The van der Waals surface area contributed by atoms with Crippen LogP contribution in [0.3, 0.4) is 0 Å². The monoisotopic (exact) mass is 269 g/mol. The second kappa shape index (κ2) is 6.75. The SMILES string of the molecule is CCOC(=O)N1CCC(NC(=O)[C@@H]2CCCN2)CC1. The lowest BCUT2D eigenvalue weighted by atomic mass is 10.0. The van der Waals surface area contributed by atoms with E-state index < -0.39 is 0 Å². The Labute approximate surface area is 113 Å². The summed E-state index contributed by atoms with van der Waals surface area (Å²) in [6.45, 7) is 4.45. The number of hydrogen-bond donors (Lipinski definition) is 2. The molecule has 2 rings (SSSR count). The second-order valence-corrected chi connectivity index (χ2v) is 5.12. The van der Waals surface area contributed by atoms with E-state index in [0.29, 0.717) is 19.7 Å². The average molecular weight is 269 g/mol. The molecule has 6 nitrogen and oxygen atoms in total.